The van der Waals surface area contributed by atoms with E-state index in [1.54, 1.807) is 0 Å². The third-order valence-electron chi connectivity index (χ3n) is 4.85. The molecule has 1 amide bonds. The van der Waals surface area contributed by atoms with Crippen molar-refractivity contribution < 1.29 is 19.1 Å². The number of nitrogens with one attached hydrogen (secondary N) is 1. The van der Waals surface area contributed by atoms with Crippen LogP contribution in [-0.4, -0.2) is 41.3 Å². The molecule has 3 rings (SSSR count). The number of hydrazone groups is 1. The summed E-state index contributed by atoms with van der Waals surface area (Å²) < 4.78 is 10.3. The van der Waals surface area contributed by atoms with Crippen LogP contribution in [0, 0.1) is 6.92 Å². The summed E-state index contributed by atoms with van der Waals surface area (Å²) in [5, 5.41) is 9.07. The first-order valence-corrected chi connectivity index (χ1v) is 12.1. The van der Waals surface area contributed by atoms with Crippen LogP contribution in [-0.2, 0) is 25.6 Å². The van der Waals surface area contributed by atoms with Crippen LogP contribution < -0.4 is 10.3 Å². The topological polar surface area (TPSA) is 80.2 Å². The van der Waals surface area contributed by atoms with Gasteiger partial charge in [-0.2, -0.15) is 5.01 Å². The van der Waals surface area contributed by atoms with Crippen LogP contribution in [0.1, 0.15) is 45.7 Å². The smallest absolute Gasteiger partial charge is 0.322 e. The largest absolute Gasteiger partial charge is 0.469 e. The van der Waals surface area contributed by atoms with Crippen molar-refractivity contribution in [1.29, 1.82) is 0 Å². The molecule has 0 bridgehead atoms. The molecule has 0 aliphatic carbocycles. The van der Waals surface area contributed by atoms with Gasteiger partial charge in [0.2, 0.25) is 5.90 Å². The number of rotatable bonds is 8. The zero-order valence-electron chi connectivity index (χ0n) is 20.7. The number of hydrogen-bond acceptors (Lipinski definition) is 7. The Bertz CT molecular complexity index is 1060. The van der Waals surface area contributed by atoms with Crippen molar-refractivity contribution in [3.05, 3.63) is 59.7 Å². The molecule has 0 spiro atoms. The van der Waals surface area contributed by atoms with Gasteiger partial charge in [-0.05, 0) is 76.9 Å². The number of anilines is 1. The first kappa shape index (κ1) is 25.8. The maximum absolute atomic E-state index is 12.5. The number of ether oxygens (including phenoxy) is 2. The highest BCUT2D eigenvalue weighted by Crippen LogP contribution is 2.34. The number of esters is 1. The summed E-state index contributed by atoms with van der Waals surface area (Å²) in [4.78, 5) is 25.7. The van der Waals surface area contributed by atoms with Gasteiger partial charge in [0.15, 0.2) is 6.61 Å². The van der Waals surface area contributed by atoms with Gasteiger partial charge in [0.25, 0.3) is 5.91 Å². The van der Waals surface area contributed by atoms with Gasteiger partial charge in [0.1, 0.15) is 10.3 Å². The van der Waals surface area contributed by atoms with E-state index < -0.39 is 10.3 Å². The molecule has 2 aromatic carbocycles. The number of amides is 1. The number of carbonyl (C=O) groups is 2. The van der Waals surface area contributed by atoms with Gasteiger partial charge in [-0.25, -0.2) is 0 Å². The summed E-state index contributed by atoms with van der Waals surface area (Å²) in [6.07, 6.45) is 0. The van der Waals surface area contributed by atoms with Crippen molar-refractivity contribution >= 4 is 35.2 Å². The van der Waals surface area contributed by atoms with Gasteiger partial charge in [-0.1, -0.05) is 24.3 Å². The second kappa shape index (κ2) is 10.6. The number of nitrogens with zero attached hydrogens (tertiary/aromatic N) is 2. The van der Waals surface area contributed by atoms with E-state index in [4.69, 9.17) is 9.47 Å². The second-order valence-corrected chi connectivity index (χ2v) is 11.4. The van der Waals surface area contributed by atoms with Crippen molar-refractivity contribution in [2.45, 2.75) is 63.3 Å². The SMILES string of the molecule is Cc1cccc(N2N=C(CNCc3ccc(SC(C)(C)C(=O)OC(C)(C)C)cc3)OCC2=O)c1. The Morgan fingerprint density at radius 2 is 1.82 bits per heavy atom. The molecular formula is C26H33N3O4S. The van der Waals surface area contributed by atoms with E-state index in [1.807, 2.05) is 90.1 Å². The van der Waals surface area contributed by atoms with Crippen molar-refractivity contribution in [3.8, 4) is 0 Å². The normalized spacial score (nSPS) is 14.5. The summed E-state index contributed by atoms with van der Waals surface area (Å²) in [7, 11) is 0. The molecule has 0 aromatic heterocycles. The van der Waals surface area contributed by atoms with E-state index in [2.05, 4.69) is 10.4 Å². The summed E-state index contributed by atoms with van der Waals surface area (Å²) in [6, 6.07) is 15.7. The second-order valence-electron chi connectivity index (χ2n) is 9.69. The molecule has 0 saturated heterocycles. The number of aryl methyl sites for hydroxylation is 1. The van der Waals surface area contributed by atoms with E-state index in [9.17, 15) is 9.59 Å². The number of benzene rings is 2. The van der Waals surface area contributed by atoms with Crippen LogP contribution in [0.5, 0.6) is 0 Å². The first-order valence-electron chi connectivity index (χ1n) is 11.2. The molecule has 0 fully saturated rings. The fraction of sp³-hybridized carbons (Fsp3) is 0.423. The monoisotopic (exact) mass is 483 g/mol. The summed E-state index contributed by atoms with van der Waals surface area (Å²) in [6.45, 7) is 12.3. The molecule has 2 aromatic rings. The number of hydrogen-bond donors (Lipinski definition) is 1. The van der Waals surface area contributed by atoms with E-state index in [-0.39, 0.29) is 18.5 Å². The minimum atomic E-state index is -0.690. The summed E-state index contributed by atoms with van der Waals surface area (Å²) >= 11 is 1.48. The highest BCUT2D eigenvalue weighted by Gasteiger charge is 2.33. The van der Waals surface area contributed by atoms with Gasteiger partial charge < -0.3 is 14.8 Å². The molecule has 0 atom stereocenters. The fourth-order valence-corrected chi connectivity index (χ4v) is 4.16. The third kappa shape index (κ3) is 7.33. The molecule has 1 aliphatic rings. The molecule has 7 nitrogen and oxygen atoms in total. The molecule has 1 N–H and O–H groups in total. The summed E-state index contributed by atoms with van der Waals surface area (Å²) in [5.41, 5.74) is 2.36. The maximum atomic E-state index is 12.5. The van der Waals surface area contributed by atoms with Gasteiger partial charge in [-0.3, -0.25) is 9.59 Å². The Hall–Kier alpha value is -2.84. The molecule has 8 heteroatoms. The predicted molar refractivity (Wildman–Crippen MR) is 136 cm³/mol. The molecule has 0 radical (unpaired) electrons. The minimum absolute atomic E-state index is 0.0339. The lowest BCUT2D eigenvalue weighted by Crippen LogP contribution is -2.39. The third-order valence-corrected chi connectivity index (χ3v) is 6.03. The lowest BCUT2D eigenvalue weighted by molar-refractivity contribution is -0.156. The van der Waals surface area contributed by atoms with Crippen LogP contribution >= 0.6 is 11.8 Å². The quantitative estimate of drug-likeness (QED) is 0.434. The zero-order chi connectivity index (χ0) is 24.9. The Morgan fingerprint density at radius 3 is 2.47 bits per heavy atom. The van der Waals surface area contributed by atoms with Crippen LogP contribution in [0.2, 0.25) is 0 Å². The van der Waals surface area contributed by atoms with Crippen LogP contribution in [0.4, 0.5) is 5.69 Å². The fourth-order valence-electron chi connectivity index (χ4n) is 3.18. The van der Waals surface area contributed by atoms with Crippen molar-refractivity contribution in [2.24, 2.45) is 5.10 Å². The average molecular weight is 484 g/mol. The van der Waals surface area contributed by atoms with Crippen LogP contribution in [0.3, 0.4) is 0 Å². The lowest BCUT2D eigenvalue weighted by atomic mass is 10.1. The number of thioether (sulfide) groups is 1. The average Bonchev–Trinajstić information content (AvgIpc) is 2.75. The highest BCUT2D eigenvalue weighted by atomic mass is 32.2. The molecule has 182 valence electrons. The molecule has 0 unspecified atom stereocenters. The first-order chi connectivity index (χ1) is 15.9. The minimum Gasteiger partial charge on any atom is -0.469 e. The Morgan fingerprint density at radius 1 is 1.12 bits per heavy atom. The Kier molecular flexibility index (Phi) is 8.05. The van der Waals surface area contributed by atoms with Crippen molar-refractivity contribution in [1.82, 2.24) is 5.32 Å². The molecule has 34 heavy (non-hydrogen) atoms. The highest BCUT2D eigenvalue weighted by molar-refractivity contribution is 8.01. The van der Waals surface area contributed by atoms with Gasteiger partial charge in [0, 0.05) is 11.4 Å². The number of carbonyl (C=O) groups excluding carboxylic acids is 2. The van der Waals surface area contributed by atoms with Gasteiger partial charge in [-0.15, -0.1) is 16.9 Å². The van der Waals surface area contributed by atoms with E-state index in [0.717, 1.165) is 21.7 Å². The standard InChI is InChI=1S/C26H33N3O4S/c1-18-8-7-9-20(14-18)29-23(30)17-32-22(28-29)16-27-15-19-10-12-21(13-11-19)34-26(5,6)24(31)33-25(2,3)4/h7-14,27H,15-17H2,1-6H3. The van der Waals surface area contributed by atoms with Crippen LogP contribution in [0.15, 0.2) is 58.5 Å². The molecule has 1 heterocycles. The van der Waals surface area contributed by atoms with E-state index in [0.29, 0.717) is 19.0 Å². The lowest BCUT2D eigenvalue weighted by Gasteiger charge is -2.28. The van der Waals surface area contributed by atoms with Gasteiger partial charge in [0.05, 0.1) is 12.2 Å². The molecule has 0 saturated carbocycles. The zero-order valence-corrected chi connectivity index (χ0v) is 21.5. The molecular weight excluding hydrogens is 450 g/mol. The Labute approximate surface area is 205 Å². The van der Waals surface area contributed by atoms with Crippen molar-refractivity contribution in [2.75, 3.05) is 18.2 Å². The van der Waals surface area contributed by atoms with E-state index in [1.165, 1.54) is 16.8 Å². The molecule has 1 aliphatic heterocycles. The predicted octanol–water partition coefficient (Wildman–Crippen LogP) is 4.67. The Balaban J connectivity index is 1.54. The van der Waals surface area contributed by atoms with Crippen LogP contribution in [0.25, 0.3) is 0 Å². The van der Waals surface area contributed by atoms with E-state index >= 15 is 0 Å². The van der Waals surface area contributed by atoms with Gasteiger partial charge >= 0.3 is 5.97 Å². The summed E-state index contributed by atoms with van der Waals surface area (Å²) in [5.74, 6) is 0.0336. The maximum Gasteiger partial charge on any atom is 0.322 e. The van der Waals surface area contributed by atoms with Crippen molar-refractivity contribution in [3.63, 3.8) is 0 Å².